The Kier molecular flexibility index (Phi) is 34.7. The molecular formula is C16H36Na-. The summed E-state index contributed by atoms with van der Waals surface area (Å²) in [6.07, 6.45) is 9.91. The van der Waals surface area contributed by atoms with Gasteiger partial charge in [0.1, 0.15) is 0 Å². The third-order valence-corrected chi connectivity index (χ3v) is 2.35. The molecule has 0 rings (SSSR count). The van der Waals surface area contributed by atoms with Crippen molar-refractivity contribution in [3.63, 3.8) is 0 Å². The predicted molar refractivity (Wildman–Crippen MR) is 79.4 cm³/mol. The van der Waals surface area contributed by atoms with Crippen molar-refractivity contribution in [2.45, 2.75) is 79.6 Å². The number of unbranched alkanes of at least 4 members (excludes halogenated alkanes) is 3. The van der Waals surface area contributed by atoms with E-state index in [-0.39, 0.29) is 37.0 Å². The second-order valence-corrected chi connectivity index (χ2v) is 5.14. The first-order valence-electron chi connectivity index (χ1n) is 6.87. The van der Waals surface area contributed by atoms with Crippen molar-refractivity contribution in [2.24, 2.45) is 11.8 Å². The summed E-state index contributed by atoms with van der Waals surface area (Å²) in [5.74, 6) is 1.56. The van der Waals surface area contributed by atoms with Gasteiger partial charge in [0, 0.05) is 0 Å². The second kappa shape index (κ2) is 22.2. The van der Waals surface area contributed by atoms with Gasteiger partial charge in [0.05, 0.1) is 0 Å². The van der Waals surface area contributed by atoms with Gasteiger partial charge in [-0.05, 0) is 5.92 Å². The maximum Gasteiger partial charge on any atom is 1.00 e. The summed E-state index contributed by atoms with van der Waals surface area (Å²) in [5.41, 5.74) is 0. The third kappa shape index (κ3) is 38.2. The molecule has 0 saturated carbocycles. The quantitative estimate of drug-likeness (QED) is 0.370. The molecule has 102 valence electrons. The van der Waals surface area contributed by atoms with Crippen LogP contribution in [0.25, 0.3) is 0 Å². The van der Waals surface area contributed by atoms with Crippen LogP contribution in [0.2, 0.25) is 0 Å². The van der Waals surface area contributed by atoms with Gasteiger partial charge in [0.15, 0.2) is 0 Å². The van der Waals surface area contributed by atoms with Crippen LogP contribution in [0.1, 0.15) is 79.6 Å². The van der Waals surface area contributed by atoms with Crippen molar-refractivity contribution < 1.29 is 29.6 Å². The number of hydrogen-bond acceptors (Lipinski definition) is 0. The van der Waals surface area contributed by atoms with Crippen LogP contribution < -0.4 is 29.6 Å². The molecule has 0 fully saturated rings. The molecule has 17 heavy (non-hydrogen) atoms. The Labute approximate surface area is 135 Å². The first kappa shape index (κ1) is 26.5. The van der Waals surface area contributed by atoms with Crippen LogP contribution in [0.3, 0.4) is 0 Å². The van der Waals surface area contributed by atoms with E-state index in [9.17, 15) is 0 Å². The molecule has 0 aromatic rings. The molecule has 0 bridgehead atoms. The Balaban J connectivity index is -0.000000123. The van der Waals surface area contributed by atoms with E-state index in [0.29, 0.717) is 5.92 Å². The average Bonchev–Trinajstić information content (AvgIpc) is 2.14. The fourth-order valence-electron chi connectivity index (χ4n) is 1.44. The van der Waals surface area contributed by atoms with Gasteiger partial charge >= 0.3 is 29.6 Å². The minimum absolute atomic E-state index is 0. The molecule has 0 radical (unpaired) electrons. The molecule has 0 aliphatic heterocycles. The normalized spacial score (nSPS) is 10.8. The summed E-state index contributed by atoms with van der Waals surface area (Å²) in [6, 6.07) is 0. The van der Waals surface area contributed by atoms with Gasteiger partial charge in [0.2, 0.25) is 0 Å². The molecule has 1 atom stereocenters. The van der Waals surface area contributed by atoms with Crippen LogP contribution in [0.4, 0.5) is 0 Å². The summed E-state index contributed by atoms with van der Waals surface area (Å²) in [5, 5.41) is 0. The van der Waals surface area contributed by atoms with Crippen molar-refractivity contribution in [3.8, 4) is 0 Å². The van der Waals surface area contributed by atoms with Crippen LogP contribution in [0.5, 0.6) is 0 Å². The maximum atomic E-state index is 3.64. The van der Waals surface area contributed by atoms with Gasteiger partial charge in [-0.2, -0.15) is 5.92 Å². The second-order valence-electron chi connectivity index (χ2n) is 5.14. The molecule has 1 heteroatoms. The first-order chi connectivity index (χ1) is 7.04. The molecule has 0 saturated heterocycles. The van der Waals surface area contributed by atoms with E-state index < -0.39 is 0 Å². The molecule has 1 unspecified atom stereocenters. The Morgan fingerprint density at radius 2 is 1.18 bits per heavy atom. The molecule has 0 aromatic heterocycles. The first-order valence-corrected chi connectivity index (χ1v) is 6.87. The molecule has 0 aromatic carbocycles. The fourth-order valence-corrected chi connectivity index (χ4v) is 1.44. The smallest absolute Gasteiger partial charge is 0.358 e. The van der Waals surface area contributed by atoms with Gasteiger partial charge in [-0.3, -0.25) is 0 Å². The van der Waals surface area contributed by atoms with Crippen molar-refractivity contribution >= 4 is 0 Å². The van der Waals surface area contributed by atoms with Crippen molar-refractivity contribution in [3.05, 3.63) is 14.4 Å². The zero-order valence-electron chi connectivity index (χ0n) is 13.8. The average molecular weight is 251 g/mol. The standard InChI is InChI=1S/C11H24.C4H9.CH3.Na/c1-4-6-8-10-11(3)9-7-5-2;1-4(2)3;;/h11H,4-10H2,1-3H3;4H,1H2,2-3H3;1H3;/q;2*-1;+1. The summed E-state index contributed by atoms with van der Waals surface area (Å²) in [7, 11) is 0. The molecule has 0 nitrogen and oxygen atoms in total. The minimum atomic E-state index is 0. The predicted octanol–water partition coefficient (Wildman–Crippen LogP) is 3.32. The molecule has 0 aliphatic carbocycles. The largest absolute Gasteiger partial charge is 1.00 e. The van der Waals surface area contributed by atoms with Gasteiger partial charge in [0.25, 0.3) is 0 Å². The van der Waals surface area contributed by atoms with E-state index in [1.54, 1.807) is 0 Å². The molecule has 0 spiro atoms. The Hall–Kier alpha value is 1.00. The van der Waals surface area contributed by atoms with E-state index >= 15 is 0 Å². The topological polar surface area (TPSA) is 0 Å². The van der Waals surface area contributed by atoms with Crippen molar-refractivity contribution in [2.75, 3.05) is 0 Å². The monoisotopic (exact) mass is 251 g/mol. The van der Waals surface area contributed by atoms with Crippen molar-refractivity contribution in [1.29, 1.82) is 0 Å². The van der Waals surface area contributed by atoms with E-state index in [1.165, 1.54) is 44.9 Å². The van der Waals surface area contributed by atoms with Crippen LogP contribution >= 0.6 is 0 Å². The van der Waals surface area contributed by atoms with E-state index in [2.05, 4.69) is 41.5 Å². The SMILES string of the molecule is CCCCCC(C)CCCC.[CH2-]C(C)C.[CH3-].[Na+]. The molecular weight excluding hydrogens is 215 g/mol. The van der Waals surface area contributed by atoms with Crippen LogP contribution in [-0.4, -0.2) is 0 Å². The molecule has 0 amide bonds. The Morgan fingerprint density at radius 3 is 1.53 bits per heavy atom. The van der Waals surface area contributed by atoms with Gasteiger partial charge in [-0.15, -0.1) is 0 Å². The van der Waals surface area contributed by atoms with Crippen LogP contribution in [-0.2, 0) is 0 Å². The fraction of sp³-hybridized carbons (Fsp3) is 0.875. The summed E-state index contributed by atoms with van der Waals surface area (Å²) in [6.45, 7) is 14.7. The van der Waals surface area contributed by atoms with Crippen LogP contribution in [0.15, 0.2) is 0 Å². The number of hydrogen-bond donors (Lipinski definition) is 0. The van der Waals surface area contributed by atoms with E-state index in [1.807, 2.05) is 0 Å². The molecule has 0 heterocycles. The minimum Gasteiger partial charge on any atom is -0.358 e. The van der Waals surface area contributed by atoms with Gasteiger partial charge in [-0.25, -0.2) is 0 Å². The maximum absolute atomic E-state index is 3.64. The van der Waals surface area contributed by atoms with Gasteiger partial charge in [-0.1, -0.05) is 79.6 Å². The molecule has 0 aliphatic rings. The Bertz CT molecular complexity index is 96.9. The van der Waals surface area contributed by atoms with Crippen molar-refractivity contribution in [1.82, 2.24) is 0 Å². The summed E-state index contributed by atoms with van der Waals surface area (Å²) < 4.78 is 0. The van der Waals surface area contributed by atoms with E-state index in [0.717, 1.165) is 5.92 Å². The van der Waals surface area contributed by atoms with Crippen LogP contribution in [0, 0.1) is 26.2 Å². The summed E-state index contributed by atoms with van der Waals surface area (Å²) >= 11 is 0. The summed E-state index contributed by atoms with van der Waals surface area (Å²) in [4.78, 5) is 0. The molecule has 0 N–H and O–H groups in total. The number of rotatable bonds is 7. The third-order valence-electron chi connectivity index (χ3n) is 2.35. The zero-order chi connectivity index (χ0) is 12.1. The van der Waals surface area contributed by atoms with Gasteiger partial charge < -0.3 is 14.4 Å². The zero-order valence-corrected chi connectivity index (χ0v) is 15.8. The Morgan fingerprint density at radius 1 is 0.824 bits per heavy atom. The van der Waals surface area contributed by atoms with E-state index in [4.69, 9.17) is 0 Å².